The normalized spacial score (nSPS) is 23.8. The molecule has 4 N–H and O–H groups in total. The summed E-state index contributed by atoms with van der Waals surface area (Å²) in [6.45, 7) is 3.66. The minimum absolute atomic E-state index is 0.219. The van der Waals surface area contributed by atoms with Crippen molar-refractivity contribution >= 4 is 33.3 Å². The minimum Gasteiger partial charge on any atom is -0.393 e. The van der Waals surface area contributed by atoms with Crippen LogP contribution in [0.1, 0.15) is 13.3 Å². The van der Waals surface area contributed by atoms with Gasteiger partial charge in [0.2, 0.25) is 5.95 Å². The van der Waals surface area contributed by atoms with Crippen LogP contribution in [0.5, 0.6) is 0 Å². The van der Waals surface area contributed by atoms with Gasteiger partial charge in [-0.3, -0.25) is 5.43 Å². The van der Waals surface area contributed by atoms with Crippen LogP contribution in [0.2, 0.25) is 0 Å². The Morgan fingerprint density at radius 2 is 2.37 bits per heavy atom. The summed E-state index contributed by atoms with van der Waals surface area (Å²) in [6, 6.07) is 2.03. The maximum absolute atomic E-state index is 9.83. The molecule has 2 unspecified atom stereocenters. The molecule has 0 saturated carbocycles. The molecule has 3 rings (SSSR count). The highest BCUT2D eigenvalue weighted by atomic mass is 32.1. The number of thiophene rings is 1. The summed E-state index contributed by atoms with van der Waals surface area (Å²) in [5.74, 6) is 7.01. The summed E-state index contributed by atoms with van der Waals surface area (Å²) in [5, 5.41) is 12.9. The van der Waals surface area contributed by atoms with Gasteiger partial charge >= 0.3 is 0 Å². The number of nitrogens with two attached hydrogens (primary N) is 1. The van der Waals surface area contributed by atoms with Gasteiger partial charge in [-0.25, -0.2) is 10.8 Å². The zero-order valence-electron chi connectivity index (χ0n) is 10.7. The van der Waals surface area contributed by atoms with Crippen LogP contribution < -0.4 is 16.2 Å². The van der Waals surface area contributed by atoms with Crippen LogP contribution in [0.3, 0.4) is 0 Å². The number of aromatic nitrogens is 2. The summed E-state index contributed by atoms with van der Waals surface area (Å²) < 4.78 is 0. The lowest BCUT2D eigenvalue weighted by atomic mass is 9.97. The van der Waals surface area contributed by atoms with Crippen molar-refractivity contribution in [2.75, 3.05) is 23.4 Å². The number of anilines is 2. The molecular formula is C12H17N5OS. The molecule has 1 saturated heterocycles. The van der Waals surface area contributed by atoms with Gasteiger partial charge in [0.05, 0.1) is 11.5 Å². The van der Waals surface area contributed by atoms with Crippen molar-refractivity contribution in [1.82, 2.24) is 9.97 Å². The standard InChI is InChI=1S/C12H17N5OS/c1-7-6-17(4-2-9(7)18)10-8-3-5-19-11(8)15-12(14-10)16-13/h3,5,7,9,18H,2,4,6,13H2,1H3,(H,14,15,16). The number of fused-ring (bicyclic) bond motifs is 1. The minimum atomic E-state index is -0.219. The smallest absolute Gasteiger partial charge is 0.240 e. The zero-order valence-corrected chi connectivity index (χ0v) is 11.5. The van der Waals surface area contributed by atoms with E-state index in [1.807, 2.05) is 11.4 Å². The third-order valence-corrected chi connectivity index (χ3v) is 4.40. The van der Waals surface area contributed by atoms with E-state index in [0.29, 0.717) is 5.95 Å². The maximum atomic E-state index is 9.83. The largest absolute Gasteiger partial charge is 0.393 e. The number of aliphatic hydroxyl groups is 1. The Hall–Kier alpha value is -1.44. The number of hydrazine groups is 1. The predicted molar refractivity (Wildman–Crippen MR) is 77.2 cm³/mol. The number of piperidine rings is 1. The Bertz CT molecular complexity index is 587. The Balaban J connectivity index is 2.01. The number of nitrogens with one attached hydrogen (secondary N) is 1. The van der Waals surface area contributed by atoms with E-state index < -0.39 is 0 Å². The molecule has 1 fully saturated rings. The van der Waals surface area contributed by atoms with E-state index in [0.717, 1.165) is 35.5 Å². The van der Waals surface area contributed by atoms with Gasteiger partial charge in [-0.15, -0.1) is 11.3 Å². The van der Waals surface area contributed by atoms with E-state index in [9.17, 15) is 5.11 Å². The lowest BCUT2D eigenvalue weighted by Gasteiger charge is -2.35. The van der Waals surface area contributed by atoms with Gasteiger partial charge in [0.15, 0.2) is 0 Å². The van der Waals surface area contributed by atoms with Crippen LogP contribution in [0.4, 0.5) is 11.8 Å². The van der Waals surface area contributed by atoms with E-state index in [4.69, 9.17) is 5.84 Å². The summed E-state index contributed by atoms with van der Waals surface area (Å²) in [6.07, 6.45) is 0.547. The summed E-state index contributed by atoms with van der Waals surface area (Å²) in [5.41, 5.74) is 2.52. The Morgan fingerprint density at radius 3 is 3.11 bits per heavy atom. The fourth-order valence-corrected chi connectivity index (χ4v) is 3.23. The molecule has 0 spiro atoms. The van der Waals surface area contributed by atoms with E-state index >= 15 is 0 Å². The molecule has 102 valence electrons. The fourth-order valence-electron chi connectivity index (χ4n) is 2.47. The fraction of sp³-hybridized carbons (Fsp3) is 0.500. The molecule has 0 amide bonds. The average molecular weight is 279 g/mol. The van der Waals surface area contributed by atoms with Crippen LogP contribution in [0, 0.1) is 5.92 Å². The molecule has 2 atom stereocenters. The predicted octanol–water partition coefficient (Wildman–Crippen LogP) is 1.18. The summed E-state index contributed by atoms with van der Waals surface area (Å²) in [4.78, 5) is 11.9. The van der Waals surface area contributed by atoms with Gasteiger partial charge < -0.3 is 10.0 Å². The third-order valence-electron chi connectivity index (χ3n) is 3.59. The Labute approximate surface area is 115 Å². The highest BCUT2D eigenvalue weighted by molar-refractivity contribution is 7.16. The van der Waals surface area contributed by atoms with E-state index in [1.165, 1.54) is 0 Å². The number of nitrogen functional groups attached to an aromatic ring is 1. The van der Waals surface area contributed by atoms with Crippen molar-refractivity contribution < 1.29 is 5.11 Å². The first-order valence-electron chi connectivity index (χ1n) is 6.34. The Kier molecular flexibility index (Phi) is 3.26. The van der Waals surface area contributed by atoms with Gasteiger partial charge in [0, 0.05) is 13.1 Å². The van der Waals surface area contributed by atoms with E-state index in [1.54, 1.807) is 11.3 Å². The number of hydrogen-bond acceptors (Lipinski definition) is 7. The SMILES string of the molecule is CC1CN(c2nc(NN)nc3sccc23)CCC1O. The van der Waals surface area contributed by atoms with Crippen molar-refractivity contribution in [3.8, 4) is 0 Å². The first-order chi connectivity index (χ1) is 9.19. The average Bonchev–Trinajstić information content (AvgIpc) is 2.89. The quantitative estimate of drug-likeness (QED) is 0.565. The van der Waals surface area contributed by atoms with E-state index in [-0.39, 0.29) is 12.0 Å². The van der Waals surface area contributed by atoms with Crippen molar-refractivity contribution in [3.63, 3.8) is 0 Å². The highest BCUT2D eigenvalue weighted by Gasteiger charge is 2.26. The zero-order chi connectivity index (χ0) is 13.4. The second-order valence-electron chi connectivity index (χ2n) is 4.93. The lowest BCUT2D eigenvalue weighted by molar-refractivity contribution is 0.0970. The molecule has 1 aliphatic heterocycles. The van der Waals surface area contributed by atoms with Crippen LogP contribution in [0.25, 0.3) is 10.2 Å². The van der Waals surface area contributed by atoms with E-state index in [2.05, 4.69) is 27.2 Å². The highest BCUT2D eigenvalue weighted by Crippen LogP contribution is 2.31. The number of hydrogen-bond donors (Lipinski definition) is 3. The van der Waals surface area contributed by atoms with Gasteiger partial charge in [-0.1, -0.05) is 6.92 Å². The molecule has 2 aromatic heterocycles. The molecule has 0 aromatic carbocycles. The van der Waals surface area contributed by atoms with Gasteiger partial charge in [-0.2, -0.15) is 4.98 Å². The maximum Gasteiger partial charge on any atom is 0.240 e. The molecule has 0 bridgehead atoms. The Morgan fingerprint density at radius 1 is 1.53 bits per heavy atom. The second kappa shape index (κ2) is 4.92. The topological polar surface area (TPSA) is 87.3 Å². The first-order valence-corrected chi connectivity index (χ1v) is 7.22. The number of aliphatic hydroxyl groups excluding tert-OH is 1. The molecule has 1 aliphatic rings. The van der Waals surface area contributed by atoms with Crippen molar-refractivity contribution in [2.24, 2.45) is 11.8 Å². The lowest BCUT2D eigenvalue weighted by Crippen LogP contribution is -2.42. The monoisotopic (exact) mass is 279 g/mol. The van der Waals surface area contributed by atoms with Gasteiger partial charge in [0.25, 0.3) is 0 Å². The molecule has 19 heavy (non-hydrogen) atoms. The van der Waals surface area contributed by atoms with Gasteiger partial charge in [0.1, 0.15) is 10.6 Å². The first kappa shape index (κ1) is 12.6. The van der Waals surface area contributed by atoms with Gasteiger partial charge in [-0.05, 0) is 23.8 Å². The molecule has 6 nitrogen and oxygen atoms in total. The molecule has 0 radical (unpaired) electrons. The molecular weight excluding hydrogens is 262 g/mol. The third kappa shape index (κ3) is 2.24. The molecule has 2 aromatic rings. The van der Waals surface area contributed by atoms with Crippen LogP contribution in [-0.2, 0) is 0 Å². The molecule has 3 heterocycles. The number of rotatable bonds is 2. The number of nitrogens with zero attached hydrogens (tertiary/aromatic N) is 3. The van der Waals surface area contributed by atoms with Crippen molar-refractivity contribution in [3.05, 3.63) is 11.4 Å². The summed E-state index contributed by atoms with van der Waals surface area (Å²) >= 11 is 1.57. The van der Waals surface area contributed by atoms with Crippen LogP contribution in [0.15, 0.2) is 11.4 Å². The van der Waals surface area contributed by atoms with Crippen LogP contribution in [-0.4, -0.2) is 34.3 Å². The second-order valence-corrected chi connectivity index (χ2v) is 5.83. The molecule has 0 aliphatic carbocycles. The molecule has 7 heteroatoms. The van der Waals surface area contributed by atoms with Crippen LogP contribution >= 0.6 is 11.3 Å². The summed E-state index contributed by atoms with van der Waals surface area (Å²) in [7, 11) is 0. The van der Waals surface area contributed by atoms with Crippen molar-refractivity contribution in [2.45, 2.75) is 19.4 Å². The van der Waals surface area contributed by atoms with Crippen molar-refractivity contribution in [1.29, 1.82) is 0 Å².